The van der Waals surface area contributed by atoms with Crippen molar-refractivity contribution in [2.45, 2.75) is 26.3 Å². The van der Waals surface area contributed by atoms with Gasteiger partial charge in [-0.2, -0.15) is 0 Å². The largest absolute Gasteiger partial charge is 0.462 e. The summed E-state index contributed by atoms with van der Waals surface area (Å²) in [5, 5.41) is 4.24. The Labute approximate surface area is 184 Å². The molecule has 0 saturated heterocycles. The van der Waals surface area contributed by atoms with Gasteiger partial charge in [-0.25, -0.2) is 0 Å². The molecule has 2 heterocycles. The number of aromatic amines is 1. The van der Waals surface area contributed by atoms with Gasteiger partial charge in [-0.3, -0.25) is 14.6 Å². The fourth-order valence-electron chi connectivity index (χ4n) is 3.96. The monoisotopic (exact) mass is 435 g/mol. The van der Waals surface area contributed by atoms with Gasteiger partial charge in [-0.05, 0) is 54.6 Å². The summed E-state index contributed by atoms with van der Waals surface area (Å²) in [6.45, 7) is 4.48. The maximum absolute atomic E-state index is 12.3. The number of carbonyl (C=O) groups is 2. The molecule has 32 heavy (non-hydrogen) atoms. The fraction of sp³-hybridized carbons (Fsp3) is 0.292. The number of aryl methyl sites for hydroxylation is 2. The standard InChI is InChI=1S/C24H25N3O5/c1-13-18-12-26-7-6-16(18)14(2)23-22(13)17-10-15(4-5-20(17)27-23)32-21(28)11-19(25)24(29)31-9-8-30-3/h4-7,10,12,19,27H,8-9,11,25H2,1-3H3/t19-/m0/s1. The van der Waals surface area contributed by atoms with Crippen LogP contribution in [-0.2, 0) is 19.1 Å². The molecule has 8 heteroatoms. The van der Waals surface area contributed by atoms with E-state index in [9.17, 15) is 9.59 Å². The second-order valence-corrected chi connectivity index (χ2v) is 7.70. The van der Waals surface area contributed by atoms with Gasteiger partial charge in [0, 0.05) is 41.2 Å². The van der Waals surface area contributed by atoms with Gasteiger partial charge in [0.25, 0.3) is 0 Å². The Balaban J connectivity index is 1.60. The van der Waals surface area contributed by atoms with E-state index >= 15 is 0 Å². The van der Waals surface area contributed by atoms with Crippen molar-refractivity contribution in [2.75, 3.05) is 20.3 Å². The minimum Gasteiger partial charge on any atom is -0.462 e. The van der Waals surface area contributed by atoms with Crippen molar-refractivity contribution in [3.8, 4) is 5.75 Å². The van der Waals surface area contributed by atoms with Gasteiger partial charge in [0.05, 0.1) is 18.5 Å². The lowest BCUT2D eigenvalue weighted by Gasteiger charge is -2.11. The van der Waals surface area contributed by atoms with Crippen molar-refractivity contribution in [1.82, 2.24) is 9.97 Å². The van der Waals surface area contributed by atoms with E-state index < -0.39 is 18.0 Å². The van der Waals surface area contributed by atoms with E-state index in [4.69, 9.17) is 19.9 Å². The summed E-state index contributed by atoms with van der Waals surface area (Å²) in [5.41, 5.74) is 9.98. The minimum atomic E-state index is -1.10. The lowest BCUT2D eigenvalue weighted by Crippen LogP contribution is -2.36. The minimum absolute atomic E-state index is 0.0816. The Hall–Kier alpha value is -3.49. The van der Waals surface area contributed by atoms with Crippen LogP contribution in [0.4, 0.5) is 0 Å². The molecule has 0 radical (unpaired) electrons. The number of carbonyl (C=O) groups excluding carboxylic acids is 2. The molecule has 166 valence electrons. The van der Waals surface area contributed by atoms with Gasteiger partial charge in [0.2, 0.25) is 0 Å². The van der Waals surface area contributed by atoms with E-state index in [1.807, 2.05) is 24.4 Å². The summed E-state index contributed by atoms with van der Waals surface area (Å²) in [4.78, 5) is 31.9. The van der Waals surface area contributed by atoms with E-state index in [1.165, 1.54) is 7.11 Å². The van der Waals surface area contributed by atoms with Crippen molar-refractivity contribution in [2.24, 2.45) is 5.73 Å². The van der Waals surface area contributed by atoms with Crippen molar-refractivity contribution >= 4 is 44.5 Å². The SMILES string of the molecule is COCCOC(=O)[C@@H](N)CC(=O)Oc1ccc2[nH]c3c(C)c4ccncc4c(C)c3c2c1. The first kappa shape index (κ1) is 21.7. The number of benzene rings is 2. The number of aromatic nitrogens is 2. The highest BCUT2D eigenvalue weighted by atomic mass is 16.6. The first-order valence-corrected chi connectivity index (χ1v) is 10.3. The van der Waals surface area contributed by atoms with E-state index in [1.54, 1.807) is 12.3 Å². The van der Waals surface area contributed by atoms with Crippen LogP contribution in [0.5, 0.6) is 5.75 Å². The molecule has 0 saturated carbocycles. The molecule has 4 rings (SSSR count). The van der Waals surface area contributed by atoms with Crippen LogP contribution in [0.1, 0.15) is 17.5 Å². The number of rotatable bonds is 7. The van der Waals surface area contributed by atoms with E-state index in [0.29, 0.717) is 5.75 Å². The summed E-state index contributed by atoms with van der Waals surface area (Å²) < 4.78 is 15.2. The van der Waals surface area contributed by atoms with Crippen LogP contribution in [0.2, 0.25) is 0 Å². The molecule has 0 unspecified atom stereocenters. The summed E-state index contributed by atoms with van der Waals surface area (Å²) >= 11 is 0. The number of nitrogens with two attached hydrogens (primary N) is 1. The van der Waals surface area contributed by atoms with Crippen molar-refractivity contribution in [3.63, 3.8) is 0 Å². The number of pyridine rings is 1. The van der Waals surface area contributed by atoms with Gasteiger partial charge in [0.15, 0.2) is 0 Å². The first-order chi connectivity index (χ1) is 15.4. The predicted molar refractivity (Wildman–Crippen MR) is 122 cm³/mol. The molecule has 8 nitrogen and oxygen atoms in total. The number of hydrogen-bond donors (Lipinski definition) is 2. The smallest absolute Gasteiger partial charge is 0.323 e. The lowest BCUT2D eigenvalue weighted by molar-refractivity contribution is -0.149. The predicted octanol–water partition coefficient (Wildman–Crippen LogP) is 3.30. The number of H-pyrrole nitrogens is 1. The van der Waals surface area contributed by atoms with Gasteiger partial charge >= 0.3 is 11.9 Å². The molecule has 0 fully saturated rings. The Morgan fingerprint density at radius 3 is 2.69 bits per heavy atom. The molecule has 0 bridgehead atoms. The molecule has 0 spiro atoms. The van der Waals surface area contributed by atoms with E-state index in [2.05, 4.69) is 23.8 Å². The lowest BCUT2D eigenvalue weighted by atomic mass is 9.97. The highest BCUT2D eigenvalue weighted by molar-refractivity contribution is 6.16. The third kappa shape index (κ3) is 4.02. The van der Waals surface area contributed by atoms with Crippen LogP contribution < -0.4 is 10.5 Å². The summed E-state index contributed by atoms with van der Waals surface area (Å²) in [7, 11) is 1.50. The number of nitrogens with zero attached hydrogens (tertiary/aromatic N) is 1. The Morgan fingerprint density at radius 1 is 1.09 bits per heavy atom. The second-order valence-electron chi connectivity index (χ2n) is 7.70. The number of esters is 2. The van der Waals surface area contributed by atoms with Gasteiger partial charge in [-0.1, -0.05) is 0 Å². The highest BCUT2D eigenvalue weighted by Gasteiger charge is 2.21. The van der Waals surface area contributed by atoms with Crippen LogP contribution in [-0.4, -0.2) is 48.3 Å². The average molecular weight is 435 g/mol. The van der Waals surface area contributed by atoms with Crippen molar-refractivity contribution in [3.05, 3.63) is 47.8 Å². The molecule has 0 aliphatic rings. The first-order valence-electron chi connectivity index (χ1n) is 10.3. The molecular weight excluding hydrogens is 410 g/mol. The summed E-state index contributed by atoms with van der Waals surface area (Å²) in [6.07, 6.45) is 3.37. The van der Waals surface area contributed by atoms with Crippen LogP contribution in [0.3, 0.4) is 0 Å². The third-order valence-electron chi connectivity index (χ3n) is 5.60. The molecule has 2 aromatic carbocycles. The molecule has 1 atom stereocenters. The van der Waals surface area contributed by atoms with Crippen molar-refractivity contribution in [1.29, 1.82) is 0 Å². The zero-order valence-electron chi connectivity index (χ0n) is 18.2. The Morgan fingerprint density at radius 2 is 1.91 bits per heavy atom. The number of nitrogens with one attached hydrogen (secondary N) is 1. The number of ether oxygens (including phenoxy) is 3. The Kier molecular flexibility index (Phi) is 6.07. The average Bonchev–Trinajstić information content (AvgIpc) is 3.16. The zero-order chi connectivity index (χ0) is 22.8. The molecule has 0 amide bonds. The van der Waals surface area contributed by atoms with Crippen molar-refractivity contribution < 1.29 is 23.8 Å². The fourth-order valence-corrected chi connectivity index (χ4v) is 3.96. The number of methoxy groups -OCH3 is 1. The number of hydrogen-bond acceptors (Lipinski definition) is 7. The molecule has 0 aliphatic heterocycles. The normalized spacial score (nSPS) is 12.4. The third-order valence-corrected chi connectivity index (χ3v) is 5.60. The van der Waals surface area contributed by atoms with Crippen LogP contribution >= 0.6 is 0 Å². The zero-order valence-corrected chi connectivity index (χ0v) is 18.2. The Bertz CT molecular complexity index is 1330. The molecule has 0 aliphatic carbocycles. The van der Waals surface area contributed by atoms with Gasteiger partial charge in [0.1, 0.15) is 18.4 Å². The van der Waals surface area contributed by atoms with E-state index in [0.717, 1.165) is 43.7 Å². The maximum Gasteiger partial charge on any atom is 0.323 e. The maximum atomic E-state index is 12.3. The second kappa shape index (κ2) is 8.94. The molecule has 2 aromatic heterocycles. The van der Waals surface area contributed by atoms with Gasteiger partial charge in [-0.15, -0.1) is 0 Å². The van der Waals surface area contributed by atoms with Crippen LogP contribution in [0, 0.1) is 13.8 Å². The van der Waals surface area contributed by atoms with Crippen LogP contribution in [0.15, 0.2) is 36.7 Å². The van der Waals surface area contributed by atoms with E-state index in [-0.39, 0.29) is 19.6 Å². The summed E-state index contributed by atoms with van der Waals surface area (Å²) in [6, 6.07) is 6.32. The molecular formula is C24H25N3O5. The van der Waals surface area contributed by atoms with Gasteiger partial charge < -0.3 is 24.9 Å². The molecule has 3 N–H and O–H groups in total. The highest BCUT2D eigenvalue weighted by Crippen LogP contribution is 2.37. The quantitative estimate of drug-likeness (QED) is 0.260. The van der Waals surface area contributed by atoms with Crippen LogP contribution in [0.25, 0.3) is 32.6 Å². The summed E-state index contributed by atoms with van der Waals surface area (Å²) in [5.74, 6) is -0.896. The number of fused-ring (bicyclic) bond motifs is 4. The molecule has 4 aromatic rings. The topological polar surface area (TPSA) is 117 Å².